The van der Waals surface area contributed by atoms with Crippen molar-refractivity contribution in [3.8, 4) is 11.8 Å². The fraction of sp³-hybridized carbons (Fsp3) is 0.179. The number of hydrogen-bond acceptors (Lipinski definition) is 4. The van der Waals surface area contributed by atoms with Crippen LogP contribution in [0.3, 0.4) is 0 Å². The maximum Gasteiger partial charge on any atom is 0.461 e. The van der Waals surface area contributed by atoms with Crippen LogP contribution in [-0.2, 0) is 19.0 Å². The van der Waals surface area contributed by atoms with Crippen LogP contribution >= 0.6 is 0 Å². The van der Waals surface area contributed by atoms with E-state index in [0.717, 1.165) is 24.3 Å². The van der Waals surface area contributed by atoms with Crippen LogP contribution in [0.25, 0.3) is 0 Å². The largest absolute Gasteiger partial charge is 0.461 e. The van der Waals surface area contributed by atoms with Crippen LogP contribution in [0.5, 0.6) is 5.75 Å². The number of ether oxygens (including phenoxy) is 1. The summed E-state index contributed by atoms with van der Waals surface area (Å²) in [6.45, 7) is 0. The van der Waals surface area contributed by atoms with E-state index < -0.39 is 41.5 Å². The molecule has 7 nitrogen and oxygen atoms in total. The Labute approximate surface area is 230 Å². The van der Waals surface area contributed by atoms with Gasteiger partial charge in [-0.1, -0.05) is 42.5 Å². The minimum atomic E-state index is -4.94. The average Bonchev–Trinajstić information content (AvgIpc) is 3.27. The van der Waals surface area contributed by atoms with Crippen molar-refractivity contribution in [2.75, 3.05) is 5.32 Å². The molecule has 1 unspecified atom stereocenters. The zero-order valence-electron chi connectivity index (χ0n) is 21.2. The lowest BCUT2D eigenvalue weighted by molar-refractivity contribution is -0.253. The van der Waals surface area contributed by atoms with Gasteiger partial charge in [-0.25, -0.2) is 13.6 Å². The molecule has 3 aromatic carbocycles. The molecule has 212 valence electrons. The van der Waals surface area contributed by atoms with Crippen molar-refractivity contribution < 1.29 is 35.9 Å². The van der Waals surface area contributed by atoms with E-state index in [1.54, 1.807) is 30.3 Å². The Morgan fingerprint density at radius 1 is 1.02 bits per heavy atom. The lowest BCUT2D eigenvalue weighted by atomic mass is 9.77. The minimum absolute atomic E-state index is 0.0116. The second-order valence-corrected chi connectivity index (χ2v) is 8.94. The molecule has 0 bridgehead atoms. The maximum atomic E-state index is 14.9. The standard InChI is InChI=1S/C28H21F6N5O2/c1-39-24(18(15-35)16-36-39)37-26(40)38-27(14-17-5-3-2-4-6-17,19-7-9-21(29)10-8-19)20-11-22(30)13-23(12-20)41-28(33,34)25(31)32/h2-13,16,25H,14H2,1H3,(H2,37,38,40). The topological polar surface area (TPSA) is 92.0 Å². The molecule has 0 aliphatic carbocycles. The number of alkyl halides is 4. The van der Waals surface area contributed by atoms with Crippen molar-refractivity contribution in [1.82, 2.24) is 15.1 Å². The number of rotatable bonds is 9. The van der Waals surface area contributed by atoms with Crippen molar-refractivity contribution >= 4 is 11.8 Å². The van der Waals surface area contributed by atoms with Gasteiger partial charge in [-0.2, -0.15) is 27.9 Å². The third-order valence-electron chi connectivity index (χ3n) is 6.14. The number of urea groups is 1. The van der Waals surface area contributed by atoms with Gasteiger partial charge in [0.1, 0.15) is 34.8 Å². The number of hydrogen-bond donors (Lipinski definition) is 2. The summed E-state index contributed by atoms with van der Waals surface area (Å²) in [6.07, 6.45) is -8.08. The van der Waals surface area contributed by atoms with Gasteiger partial charge in [-0.05, 0) is 41.0 Å². The van der Waals surface area contributed by atoms with Crippen molar-refractivity contribution in [3.05, 3.63) is 113 Å². The summed E-state index contributed by atoms with van der Waals surface area (Å²) >= 11 is 0. The van der Waals surface area contributed by atoms with Crippen LogP contribution in [0.4, 0.5) is 37.0 Å². The molecule has 1 aromatic heterocycles. The summed E-state index contributed by atoms with van der Waals surface area (Å²) in [4.78, 5) is 13.4. The first-order chi connectivity index (χ1) is 19.4. The van der Waals surface area contributed by atoms with Crippen molar-refractivity contribution in [2.45, 2.75) is 24.5 Å². The fourth-order valence-corrected chi connectivity index (χ4v) is 4.27. The first-order valence-electron chi connectivity index (χ1n) is 11.9. The molecule has 4 rings (SSSR count). The van der Waals surface area contributed by atoms with Gasteiger partial charge >= 0.3 is 18.6 Å². The van der Waals surface area contributed by atoms with Crippen molar-refractivity contribution in [3.63, 3.8) is 0 Å². The third-order valence-corrected chi connectivity index (χ3v) is 6.14. The molecule has 0 radical (unpaired) electrons. The quantitative estimate of drug-likeness (QED) is 0.236. The molecule has 0 spiro atoms. The molecule has 2 N–H and O–H groups in total. The van der Waals surface area contributed by atoms with E-state index >= 15 is 0 Å². The molecule has 0 saturated heterocycles. The molecule has 0 fully saturated rings. The molecular formula is C28H21F6N5O2. The molecule has 1 heterocycles. The van der Waals surface area contributed by atoms with E-state index in [2.05, 4.69) is 20.5 Å². The van der Waals surface area contributed by atoms with Crippen LogP contribution < -0.4 is 15.4 Å². The van der Waals surface area contributed by atoms with E-state index in [-0.39, 0.29) is 28.9 Å². The highest BCUT2D eigenvalue weighted by molar-refractivity contribution is 5.90. The number of nitrogens with zero attached hydrogens (tertiary/aromatic N) is 3. The second kappa shape index (κ2) is 11.6. The number of aryl methyl sites for hydroxylation is 1. The Morgan fingerprint density at radius 3 is 2.34 bits per heavy atom. The lowest BCUT2D eigenvalue weighted by Crippen LogP contribution is -2.50. The first kappa shape index (κ1) is 29.0. The van der Waals surface area contributed by atoms with E-state index in [1.807, 2.05) is 6.07 Å². The molecular weight excluding hydrogens is 552 g/mol. The van der Waals surface area contributed by atoms with Gasteiger partial charge < -0.3 is 10.1 Å². The van der Waals surface area contributed by atoms with Gasteiger partial charge in [0.2, 0.25) is 0 Å². The zero-order valence-corrected chi connectivity index (χ0v) is 21.2. The van der Waals surface area contributed by atoms with Crippen LogP contribution in [0.2, 0.25) is 0 Å². The number of benzene rings is 3. The highest BCUT2D eigenvalue weighted by Gasteiger charge is 2.45. The lowest BCUT2D eigenvalue weighted by Gasteiger charge is -2.37. The maximum absolute atomic E-state index is 14.9. The molecule has 0 aliphatic rings. The number of nitrogens with one attached hydrogen (secondary N) is 2. The highest BCUT2D eigenvalue weighted by Crippen LogP contribution is 2.38. The molecule has 2 amide bonds. The summed E-state index contributed by atoms with van der Waals surface area (Å²) in [6, 6.07) is 16.4. The third kappa shape index (κ3) is 6.43. The highest BCUT2D eigenvalue weighted by atomic mass is 19.3. The van der Waals surface area contributed by atoms with Gasteiger partial charge in [0.15, 0.2) is 0 Å². The van der Waals surface area contributed by atoms with Gasteiger partial charge in [-0.15, -0.1) is 0 Å². The number of amides is 2. The number of halogens is 6. The number of carbonyl (C=O) groups is 1. The summed E-state index contributed by atoms with van der Waals surface area (Å²) < 4.78 is 87.6. The summed E-state index contributed by atoms with van der Waals surface area (Å²) in [7, 11) is 1.47. The summed E-state index contributed by atoms with van der Waals surface area (Å²) in [5.74, 6) is -2.70. The average molecular weight is 573 g/mol. The Morgan fingerprint density at radius 2 is 1.71 bits per heavy atom. The predicted octanol–water partition coefficient (Wildman–Crippen LogP) is 6.11. The first-order valence-corrected chi connectivity index (χ1v) is 11.9. The second-order valence-electron chi connectivity index (χ2n) is 8.94. The molecule has 4 aromatic rings. The van der Waals surface area contributed by atoms with Crippen LogP contribution in [0.1, 0.15) is 22.3 Å². The monoisotopic (exact) mass is 573 g/mol. The summed E-state index contributed by atoms with van der Waals surface area (Å²) in [5, 5.41) is 18.5. The van der Waals surface area contributed by atoms with E-state index in [0.29, 0.717) is 11.6 Å². The molecule has 1 atom stereocenters. The smallest absolute Gasteiger partial charge is 0.428 e. The van der Waals surface area contributed by atoms with Gasteiger partial charge in [0.05, 0.1) is 11.7 Å². The Hall–Kier alpha value is -4.99. The Kier molecular flexibility index (Phi) is 8.23. The SMILES string of the molecule is Cn1ncc(C#N)c1NC(=O)NC(Cc1ccccc1)(c1ccc(F)cc1)c1cc(F)cc(OC(F)(F)C(F)F)c1. The number of aromatic nitrogens is 2. The van der Waals surface area contributed by atoms with E-state index in [9.17, 15) is 36.4 Å². The van der Waals surface area contributed by atoms with Crippen LogP contribution in [0.15, 0.2) is 79.0 Å². The molecule has 0 saturated carbocycles. The number of carbonyl (C=O) groups excluding carboxylic acids is 1. The fourth-order valence-electron chi connectivity index (χ4n) is 4.27. The van der Waals surface area contributed by atoms with Crippen LogP contribution in [0, 0.1) is 23.0 Å². The van der Waals surface area contributed by atoms with E-state index in [1.165, 1.54) is 30.1 Å². The number of nitriles is 1. The van der Waals surface area contributed by atoms with Crippen molar-refractivity contribution in [2.24, 2.45) is 7.05 Å². The molecule has 41 heavy (non-hydrogen) atoms. The number of anilines is 1. The molecule has 0 aliphatic heterocycles. The van der Waals surface area contributed by atoms with E-state index in [4.69, 9.17) is 0 Å². The van der Waals surface area contributed by atoms with Crippen LogP contribution in [-0.4, -0.2) is 28.3 Å². The molecule has 13 heteroatoms. The minimum Gasteiger partial charge on any atom is -0.428 e. The zero-order chi connectivity index (χ0) is 29.8. The van der Waals surface area contributed by atoms with Gasteiger partial charge in [-0.3, -0.25) is 10.00 Å². The predicted molar refractivity (Wildman–Crippen MR) is 135 cm³/mol. The summed E-state index contributed by atoms with van der Waals surface area (Å²) in [5.41, 5.74) is -1.23. The van der Waals surface area contributed by atoms with Gasteiger partial charge in [0, 0.05) is 19.5 Å². The Balaban J connectivity index is 1.90. The normalized spacial score (nSPS) is 12.9. The Bertz CT molecular complexity index is 1570. The van der Waals surface area contributed by atoms with Gasteiger partial charge in [0.25, 0.3) is 0 Å². The van der Waals surface area contributed by atoms with Crippen molar-refractivity contribution in [1.29, 1.82) is 5.26 Å².